The van der Waals surface area contributed by atoms with Crippen LogP contribution >= 0.6 is 0 Å². The molecular formula is C9H8O3Se. The molecule has 1 aliphatic carbocycles. The van der Waals surface area contributed by atoms with E-state index in [9.17, 15) is 9.59 Å². The first-order valence-corrected chi connectivity index (χ1v) is 6.22. The zero-order valence-electron chi connectivity index (χ0n) is 7.02. The average Bonchev–Trinajstić information content (AvgIpc) is 2.53. The molecule has 4 heteroatoms. The zero-order valence-corrected chi connectivity index (χ0v) is 8.73. The SMILES string of the molecule is CC12C(=O)OC(=O)C1C1[Se]C=CC12. The van der Waals surface area contributed by atoms with Crippen LogP contribution in [-0.2, 0) is 14.3 Å². The van der Waals surface area contributed by atoms with Crippen molar-refractivity contribution in [3.8, 4) is 0 Å². The van der Waals surface area contributed by atoms with Gasteiger partial charge in [0.15, 0.2) is 0 Å². The third kappa shape index (κ3) is 0.649. The summed E-state index contributed by atoms with van der Waals surface area (Å²) >= 11 is 0.387. The predicted molar refractivity (Wildman–Crippen MR) is 44.8 cm³/mol. The number of ether oxygens (including phenoxy) is 1. The van der Waals surface area contributed by atoms with Gasteiger partial charge in [-0.3, -0.25) is 0 Å². The summed E-state index contributed by atoms with van der Waals surface area (Å²) in [5.74, 6) is -0.470. The van der Waals surface area contributed by atoms with E-state index in [0.29, 0.717) is 19.8 Å². The molecule has 2 fully saturated rings. The van der Waals surface area contributed by atoms with Gasteiger partial charge in [-0.05, 0) is 0 Å². The molecule has 0 bridgehead atoms. The van der Waals surface area contributed by atoms with E-state index in [1.165, 1.54) is 0 Å². The Hall–Kier alpha value is -0.601. The van der Waals surface area contributed by atoms with Crippen molar-refractivity contribution in [1.29, 1.82) is 0 Å². The maximum atomic E-state index is 11.4. The van der Waals surface area contributed by atoms with Crippen molar-refractivity contribution >= 4 is 26.9 Å². The Morgan fingerprint density at radius 2 is 2.31 bits per heavy atom. The van der Waals surface area contributed by atoms with Crippen LogP contribution in [0.25, 0.3) is 0 Å². The molecule has 0 N–H and O–H groups in total. The number of hydrogen-bond donors (Lipinski definition) is 0. The molecule has 1 saturated carbocycles. The van der Waals surface area contributed by atoms with Crippen LogP contribution in [0, 0.1) is 17.3 Å². The van der Waals surface area contributed by atoms with Crippen molar-refractivity contribution in [2.24, 2.45) is 17.3 Å². The van der Waals surface area contributed by atoms with E-state index in [-0.39, 0.29) is 23.8 Å². The van der Waals surface area contributed by atoms with Gasteiger partial charge in [-0.2, -0.15) is 0 Å². The van der Waals surface area contributed by atoms with Gasteiger partial charge < -0.3 is 0 Å². The second-order valence-electron chi connectivity index (χ2n) is 3.92. The number of rotatable bonds is 0. The van der Waals surface area contributed by atoms with Crippen LogP contribution in [0.3, 0.4) is 0 Å². The minimum absolute atomic E-state index is 0.139. The summed E-state index contributed by atoms with van der Waals surface area (Å²) in [6, 6.07) is 0. The van der Waals surface area contributed by atoms with Crippen LogP contribution in [0.5, 0.6) is 0 Å². The molecule has 4 atom stereocenters. The number of fused-ring (bicyclic) bond motifs is 4. The Balaban J connectivity index is 2.08. The van der Waals surface area contributed by atoms with Gasteiger partial charge in [0.1, 0.15) is 0 Å². The van der Waals surface area contributed by atoms with Crippen molar-refractivity contribution in [3.05, 3.63) is 11.1 Å². The monoisotopic (exact) mass is 244 g/mol. The number of hydrogen-bond acceptors (Lipinski definition) is 3. The first-order chi connectivity index (χ1) is 6.15. The van der Waals surface area contributed by atoms with Crippen molar-refractivity contribution in [2.45, 2.75) is 11.7 Å². The fourth-order valence-corrected chi connectivity index (χ4v) is 5.80. The van der Waals surface area contributed by atoms with Gasteiger partial charge in [0.05, 0.1) is 0 Å². The molecule has 0 amide bonds. The summed E-state index contributed by atoms with van der Waals surface area (Å²) in [5, 5.41) is 0. The molecule has 3 rings (SSSR count). The van der Waals surface area contributed by atoms with Crippen molar-refractivity contribution < 1.29 is 14.3 Å². The molecule has 0 aromatic carbocycles. The number of esters is 2. The number of cyclic esters (lactones) is 2. The first-order valence-electron chi connectivity index (χ1n) is 4.24. The Labute approximate surface area is 81.7 Å². The summed E-state index contributed by atoms with van der Waals surface area (Å²) in [6.07, 6.45) is 2.08. The van der Waals surface area contributed by atoms with E-state index in [1.807, 2.05) is 6.92 Å². The standard InChI is InChI=1S/C9H8O3Se/c1-9-4-2-3-13-6(4)5(9)7(10)12-8(9)11/h2-6H,1H3. The Morgan fingerprint density at radius 1 is 1.54 bits per heavy atom. The molecule has 13 heavy (non-hydrogen) atoms. The van der Waals surface area contributed by atoms with Crippen molar-refractivity contribution in [1.82, 2.24) is 0 Å². The van der Waals surface area contributed by atoms with Crippen LogP contribution < -0.4 is 0 Å². The van der Waals surface area contributed by atoms with E-state index in [1.54, 1.807) is 0 Å². The van der Waals surface area contributed by atoms with E-state index in [4.69, 9.17) is 0 Å². The van der Waals surface area contributed by atoms with Crippen molar-refractivity contribution in [3.63, 3.8) is 0 Å². The third-order valence-corrected chi connectivity index (χ3v) is 5.93. The second-order valence-corrected chi connectivity index (χ2v) is 6.21. The van der Waals surface area contributed by atoms with Gasteiger partial charge in [-0.15, -0.1) is 0 Å². The topological polar surface area (TPSA) is 43.4 Å². The number of carbonyl (C=O) groups is 2. The second kappa shape index (κ2) is 2.07. The van der Waals surface area contributed by atoms with E-state index in [2.05, 4.69) is 15.8 Å². The average molecular weight is 243 g/mol. The number of allylic oxidation sites excluding steroid dienone is 1. The Bertz CT molecular complexity index is 349. The fraction of sp³-hybridized carbons (Fsp3) is 0.556. The molecule has 2 aliphatic heterocycles. The Morgan fingerprint density at radius 3 is 3.08 bits per heavy atom. The summed E-state index contributed by atoms with van der Waals surface area (Å²) < 4.78 is 4.69. The molecule has 1 saturated heterocycles. The molecule has 68 valence electrons. The molecule has 0 aromatic heterocycles. The van der Waals surface area contributed by atoms with Gasteiger partial charge in [-0.1, -0.05) is 0 Å². The molecule has 4 unspecified atom stereocenters. The minimum atomic E-state index is -0.517. The van der Waals surface area contributed by atoms with Crippen LogP contribution in [0.1, 0.15) is 6.92 Å². The molecule has 0 aromatic rings. The number of carbonyl (C=O) groups excluding carboxylic acids is 2. The summed E-state index contributed by atoms with van der Waals surface area (Å²) in [4.78, 5) is 25.3. The van der Waals surface area contributed by atoms with Gasteiger partial charge in [-0.25, -0.2) is 0 Å². The first kappa shape index (κ1) is 7.77. The van der Waals surface area contributed by atoms with Crippen LogP contribution in [0.2, 0.25) is 4.82 Å². The quantitative estimate of drug-likeness (QED) is 0.350. The zero-order chi connectivity index (χ0) is 9.22. The van der Waals surface area contributed by atoms with Crippen LogP contribution in [-0.4, -0.2) is 26.9 Å². The molecule has 2 heterocycles. The van der Waals surface area contributed by atoms with Crippen LogP contribution in [0.15, 0.2) is 11.1 Å². The van der Waals surface area contributed by atoms with Gasteiger partial charge >= 0.3 is 81.3 Å². The summed E-state index contributed by atoms with van der Waals surface area (Å²) in [6.45, 7) is 1.86. The fourth-order valence-electron chi connectivity index (χ4n) is 2.58. The third-order valence-electron chi connectivity index (χ3n) is 3.43. The van der Waals surface area contributed by atoms with E-state index >= 15 is 0 Å². The van der Waals surface area contributed by atoms with E-state index in [0.717, 1.165) is 0 Å². The van der Waals surface area contributed by atoms with E-state index < -0.39 is 5.41 Å². The normalized spacial score (nSPS) is 51.3. The van der Waals surface area contributed by atoms with Crippen molar-refractivity contribution in [2.75, 3.05) is 0 Å². The molecule has 0 spiro atoms. The predicted octanol–water partition coefficient (Wildman–Crippen LogP) is 0.342. The molecule has 3 nitrogen and oxygen atoms in total. The Kier molecular flexibility index (Phi) is 1.24. The molecular weight excluding hydrogens is 235 g/mol. The van der Waals surface area contributed by atoms with Gasteiger partial charge in [0.2, 0.25) is 0 Å². The molecule has 3 aliphatic rings. The maximum absolute atomic E-state index is 11.4. The molecule has 0 radical (unpaired) electrons. The van der Waals surface area contributed by atoms with Gasteiger partial charge in [0, 0.05) is 0 Å². The summed E-state index contributed by atoms with van der Waals surface area (Å²) in [7, 11) is 0. The van der Waals surface area contributed by atoms with Gasteiger partial charge in [0.25, 0.3) is 0 Å². The summed E-state index contributed by atoms with van der Waals surface area (Å²) in [5.41, 5.74) is -0.517. The van der Waals surface area contributed by atoms with Crippen LogP contribution in [0.4, 0.5) is 0 Å².